The van der Waals surface area contributed by atoms with Crippen LogP contribution in [0.5, 0.6) is 0 Å². The van der Waals surface area contributed by atoms with Gasteiger partial charge in [0, 0.05) is 14.4 Å². The van der Waals surface area contributed by atoms with E-state index in [9.17, 15) is 25.2 Å². The molecule has 116 valence electrons. The number of methoxy groups -OCH3 is 1. The molecule has 1 nitrogen and oxygen atoms in total. The van der Waals surface area contributed by atoms with Crippen LogP contribution >= 0.6 is 15.1 Å². The molecule has 0 bridgehead atoms. The average Bonchev–Trinajstić information content (AvgIpc) is 2.16. The summed E-state index contributed by atoms with van der Waals surface area (Å²) in [5, 5.41) is 0. The van der Waals surface area contributed by atoms with E-state index in [1.54, 1.807) is 7.11 Å². The van der Waals surface area contributed by atoms with Gasteiger partial charge in [-0.05, 0) is 20.8 Å². The summed E-state index contributed by atoms with van der Waals surface area (Å²) in [6, 6.07) is 0. The van der Waals surface area contributed by atoms with E-state index in [2.05, 4.69) is 20.8 Å². The van der Waals surface area contributed by atoms with Crippen LogP contribution in [0.2, 0.25) is 0 Å². The van der Waals surface area contributed by atoms with Crippen LogP contribution in [0.1, 0.15) is 20.8 Å². The zero-order chi connectivity index (χ0) is 15.2. The molecule has 0 aromatic heterocycles. The molecule has 0 heterocycles. The second kappa shape index (κ2) is 6.23. The molecule has 0 amide bonds. The zero-order valence-electron chi connectivity index (χ0n) is 11.1. The van der Waals surface area contributed by atoms with Gasteiger partial charge < -0.3 is 4.74 Å². The van der Waals surface area contributed by atoms with Crippen LogP contribution in [-0.4, -0.2) is 38.4 Å². The van der Waals surface area contributed by atoms with E-state index in [1.807, 2.05) is 0 Å². The Balaban J connectivity index is 0. The predicted octanol–water partition coefficient (Wildman–Crippen LogP) is 6.09. The Kier molecular flexibility index (Phi) is 7.17. The summed E-state index contributed by atoms with van der Waals surface area (Å²) in [7, 11) is -9.44. The third-order valence-corrected chi connectivity index (χ3v) is 7.94. The van der Waals surface area contributed by atoms with E-state index < -0.39 is 15.1 Å². The van der Waals surface area contributed by atoms with Crippen molar-refractivity contribution in [2.75, 3.05) is 38.4 Å². The van der Waals surface area contributed by atoms with Gasteiger partial charge >= 0.3 is 33.0 Å². The number of hydrogen-bond acceptors (Lipinski definition) is 1. The third kappa shape index (κ3) is 18.8. The molecule has 0 atom stereocenters. The normalized spacial score (nSPS) is 16.3. The fourth-order valence-corrected chi connectivity index (χ4v) is 4.29. The van der Waals surface area contributed by atoms with E-state index in [0.29, 0.717) is 0 Å². The molecule has 18 heavy (non-hydrogen) atoms. The van der Waals surface area contributed by atoms with Gasteiger partial charge in [-0.15, -0.1) is 0 Å². The van der Waals surface area contributed by atoms with Crippen molar-refractivity contribution in [3.05, 3.63) is 0 Å². The maximum atomic E-state index is 9.87. The van der Waals surface area contributed by atoms with Crippen LogP contribution in [0.15, 0.2) is 0 Å². The number of rotatable bonds is 6. The summed E-state index contributed by atoms with van der Waals surface area (Å²) in [6.07, 6.45) is 5.50. The Labute approximate surface area is 105 Å². The van der Waals surface area contributed by atoms with Crippen LogP contribution in [0.25, 0.3) is 0 Å². The monoisotopic (exact) mass is 322 g/mol. The molecular weight excluding hydrogens is 300 g/mol. The first-order valence-electron chi connectivity index (χ1n) is 5.60. The number of hydrogen-bond donors (Lipinski definition) is 0. The molecule has 0 radical (unpaired) electrons. The van der Waals surface area contributed by atoms with E-state index >= 15 is 0 Å². The maximum absolute atomic E-state index is 10.7. The van der Waals surface area contributed by atoms with Crippen molar-refractivity contribution in [3.8, 4) is 0 Å². The summed E-state index contributed by atoms with van der Waals surface area (Å²) in [6.45, 7) is 7.95. The van der Waals surface area contributed by atoms with Gasteiger partial charge in [-0.3, -0.25) is 0 Å². The molecule has 0 saturated carbocycles. The first-order valence-corrected chi connectivity index (χ1v) is 10.2. The van der Waals surface area contributed by atoms with Gasteiger partial charge in [0.15, 0.2) is 0 Å². The minimum atomic E-state index is -10.7. The molecule has 0 saturated heterocycles. The van der Waals surface area contributed by atoms with Crippen molar-refractivity contribution >= 4 is 15.1 Å². The summed E-state index contributed by atoms with van der Waals surface area (Å²) in [4.78, 5) is 0. The van der Waals surface area contributed by atoms with Crippen molar-refractivity contribution in [2.24, 2.45) is 0 Å². The second-order valence-electron chi connectivity index (χ2n) is 3.97. The van der Waals surface area contributed by atoms with Gasteiger partial charge in [-0.2, -0.15) is 0 Å². The quantitative estimate of drug-likeness (QED) is 0.424. The molecule has 0 spiro atoms. The van der Waals surface area contributed by atoms with Crippen molar-refractivity contribution in [1.82, 2.24) is 0 Å². The molecule has 9 heteroatoms. The van der Waals surface area contributed by atoms with Crippen LogP contribution in [-0.2, 0) is 4.74 Å². The predicted molar refractivity (Wildman–Crippen MR) is 68.9 cm³/mol. The van der Waals surface area contributed by atoms with Gasteiger partial charge in [0.25, 0.3) is 0 Å². The molecule has 0 aliphatic heterocycles. The number of halogens is 6. The first-order chi connectivity index (χ1) is 7.69. The molecule has 0 aliphatic carbocycles. The van der Waals surface area contributed by atoms with E-state index in [-0.39, 0.29) is 0 Å². The Morgan fingerprint density at radius 2 is 1.11 bits per heavy atom. The molecular formula is C9H22F6OP2. The van der Waals surface area contributed by atoms with Gasteiger partial charge in [-0.25, -0.2) is 0 Å². The summed E-state index contributed by atoms with van der Waals surface area (Å²) >= 11 is 0. The van der Waals surface area contributed by atoms with Crippen molar-refractivity contribution in [2.45, 2.75) is 20.8 Å². The van der Waals surface area contributed by atoms with Crippen LogP contribution in [0, 0.1) is 0 Å². The standard InChI is InChI=1S/C9H22OP.F6P/c1-5-11(6-2,7-3)9-8-10-4;1-7(2,3,4,5)6/h5-9H2,1-4H3;/q+1;-1. The molecule has 0 aromatic carbocycles. The topological polar surface area (TPSA) is 9.23 Å². The summed E-state index contributed by atoms with van der Waals surface area (Å²) < 4.78 is 64.3. The second-order valence-corrected chi connectivity index (χ2v) is 10.9. The Bertz CT molecular complexity index is 213. The van der Waals surface area contributed by atoms with E-state index in [4.69, 9.17) is 4.74 Å². The van der Waals surface area contributed by atoms with Gasteiger partial charge in [0.1, 0.15) is 0 Å². The molecule has 0 rings (SSSR count). The van der Waals surface area contributed by atoms with Crippen LogP contribution in [0.4, 0.5) is 25.2 Å². The van der Waals surface area contributed by atoms with Crippen LogP contribution in [0.3, 0.4) is 0 Å². The van der Waals surface area contributed by atoms with Gasteiger partial charge in [-0.1, -0.05) is 0 Å². The van der Waals surface area contributed by atoms with Crippen molar-refractivity contribution < 1.29 is 29.9 Å². The molecule has 0 fully saturated rings. The van der Waals surface area contributed by atoms with Gasteiger partial charge in [0.2, 0.25) is 0 Å². The molecule has 0 aromatic rings. The SMILES string of the molecule is CC[P+](CC)(CC)CCOC.F[P-](F)(F)(F)(F)F. The average molecular weight is 322 g/mol. The Morgan fingerprint density at radius 1 is 0.833 bits per heavy atom. The minimum absolute atomic E-state index is 0.580. The fraction of sp³-hybridized carbons (Fsp3) is 1.00. The fourth-order valence-electron chi connectivity index (χ4n) is 1.43. The van der Waals surface area contributed by atoms with E-state index in [0.717, 1.165) is 6.61 Å². The van der Waals surface area contributed by atoms with Crippen molar-refractivity contribution in [1.29, 1.82) is 0 Å². The van der Waals surface area contributed by atoms with E-state index in [1.165, 1.54) is 24.6 Å². The third-order valence-electron chi connectivity index (χ3n) is 2.78. The summed E-state index contributed by atoms with van der Waals surface area (Å²) in [5.41, 5.74) is 0. The molecule has 0 aliphatic rings. The van der Waals surface area contributed by atoms with Gasteiger partial charge in [0.05, 0.1) is 31.3 Å². The van der Waals surface area contributed by atoms with Crippen LogP contribution < -0.4 is 0 Å². The Hall–Kier alpha value is 0.400. The van der Waals surface area contributed by atoms with Crippen molar-refractivity contribution in [3.63, 3.8) is 0 Å². The molecule has 0 unspecified atom stereocenters. The first kappa shape index (κ1) is 20.7. The Morgan fingerprint density at radius 3 is 1.28 bits per heavy atom. The zero-order valence-corrected chi connectivity index (χ0v) is 12.9. The number of ether oxygens (including phenoxy) is 1. The molecule has 0 N–H and O–H groups in total. The summed E-state index contributed by atoms with van der Waals surface area (Å²) in [5.74, 6) is 0.